The fourth-order valence-electron chi connectivity index (χ4n) is 3.21. The Labute approximate surface area is 156 Å². The maximum Gasteiger partial charge on any atom is 0.246 e. The van der Waals surface area contributed by atoms with E-state index in [2.05, 4.69) is 22.5 Å². The SMILES string of the molecule is CCCCCCCCCCNc1cccc(C2(CF)COCC(=O)N2)n1. The Morgan fingerprint density at radius 3 is 2.62 bits per heavy atom. The summed E-state index contributed by atoms with van der Waals surface area (Å²) in [6, 6.07) is 5.43. The van der Waals surface area contributed by atoms with E-state index in [1.54, 1.807) is 6.07 Å². The number of carbonyl (C=O) groups is 1. The number of rotatable bonds is 12. The first-order valence-corrected chi connectivity index (χ1v) is 9.86. The highest BCUT2D eigenvalue weighted by Crippen LogP contribution is 2.24. The number of unbranched alkanes of at least 4 members (excludes halogenated alkanes) is 7. The van der Waals surface area contributed by atoms with Crippen LogP contribution < -0.4 is 10.6 Å². The van der Waals surface area contributed by atoms with Crippen molar-refractivity contribution in [1.82, 2.24) is 10.3 Å². The quantitative estimate of drug-likeness (QED) is 0.551. The van der Waals surface area contributed by atoms with Crippen LogP contribution in [0.25, 0.3) is 0 Å². The molecule has 0 spiro atoms. The Balaban J connectivity index is 1.75. The van der Waals surface area contributed by atoms with E-state index in [-0.39, 0.29) is 19.1 Å². The third-order valence-electron chi connectivity index (χ3n) is 4.76. The van der Waals surface area contributed by atoms with Gasteiger partial charge in [-0.05, 0) is 18.6 Å². The van der Waals surface area contributed by atoms with Crippen LogP contribution in [0.3, 0.4) is 0 Å². The van der Waals surface area contributed by atoms with Gasteiger partial charge in [-0.2, -0.15) is 0 Å². The van der Waals surface area contributed by atoms with E-state index in [1.165, 1.54) is 44.9 Å². The average molecular weight is 365 g/mol. The number of alkyl halides is 1. The monoisotopic (exact) mass is 365 g/mol. The lowest BCUT2D eigenvalue weighted by molar-refractivity contribution is -0.136. The lowest BCUT2D eigenvalue weighted by Crippen LogP contribution is -2.56. The minimum atomic E-state index is -1.18. The van der Waals surface area contributed by atoms with Crippen LogP contribution in [0.15, 0.2) is 18.2 Å². The molecule has 2 rings (SSSR count). The number of aromatic nitrogens is 1. The van der Waals surface area contributed by atoms with Crippen LogP contribution in [-0.4, -0.2) is 37.3 Å². The highest BCUT2D eigenvalue weighted by molar-refractivity contribution is 5.79. The number of hydrogen-bond acceptors (Lipinski definition) is 4. The van der Waals surface area contributed by atoms with Crippen molar-refractivity contribution >= 4 is 11.7 Å². The first-order chi connectivity index (χ1) is 12.7. The molecule has 5 nitrogen and oxygen atoms in total. The molecule has 2 N–H and O–H groups in total. The molecule has 0 aliphatic carbocycles. The van der Waals surface area contributed by atoms with E-state index >= 15 is 0 Å². The molecule has 0 bridgehead atoms. The van der Waals surface area contributed by atoms with E-state index in [0.29, 0.717) is 11.5 Å². The van der Waals surface area contributed by atoms with Crippen LogP contribution in [-0.2, 0) is 15.1 Å². The van der Waals surface area contributed by atoms with Gasteiger partial charge in [0.1, 0.15) is 24.6 Å². The molecular weight excluding hydrogens is 333 g/mol. The molecule has 1 fully saturated rings. The summed E-state index contributed by atoms with van der Waals surface area (Å²) in [5, 5.41) is 6.00. The van der Waals surface area contributed by atoms with Gasteiger partial charge in [0.15, 0.2) is 0 Å². The summed E-state index contributed by atoms with van der Waals surface area (Å²) in [4.78, 5) is 16.1. The molecule has 1 aromatic rings. The van der Waals surface area contributed by atoms with Gasteiger partial charge < -0.3 is 15.4 Å². The summed E-state index contributed by atoms with van der Waals surface area (Å²) < 4.78 is 18.9. The van der Waals surface area contributed by atoms with Gasteiger partial charge in [-0.1, -0.05) is 57.9 Å². The topological polar surface area (TPSA) is 63.2 Å². The maximum atomic E-state index is 13.7. The third-order valence-corrected chi connectivity index (χ3v) is 4.76. The summed E-state index contributed by atoms with van der Waals surface area (Å²) in [5.41, 5.74) is -0.681. The first kappa shape index (κ1) is 20.6. The van der Waals surface area contributed by atoms with Crippen LogP contribution in [0.4, 0.5) is 10.2 Å². The van der Waals surface area contributed by atoms with E-state index < -0.39 is 12.2 Å². The molecular formula is C20H32FN3O2. The zero-order chi connectivity index (χ0) is 18.7. The van der Waals surface area contributed by atoms with Crippen molar-refractivity contribution < 1.29 is 13.9 Å². The van der Waals surface area contributed by atoms with E-state index in [9.17, 15) is 9.18 Å². The minimum Gasteiger partial charge on any atom is -0.370 e. The van der Waals surface area contributed by atoms with Gasteiger partial charge in [0.25, 0.3) is 0 Å². The van der Waals surface area contributed by atoms with Crippen LogP contribution in [0.1, 0.15) is 64.0 Å². The maximum absolute atomic E-state index is 13.7. The number of anilines is 1. The summed E-state index contributed by atoms with van der Waals surface area (Å²) in [6.45, 7) is 2.41. The predicted octanol–water partition coefficient (Wildman–Crippen LogP) is 3.95. The van der Waals surface area contributed by atoms with E-state index in [4.69, 9.17) is 4.74 Å². The van der Waals surface area contributed by atoms with Crippen molar-refractivity contribution in [3.63, 3.8) is 0 Å². The lowest BCUT2D eigenvalue weighted by atomic mass is 9.96. The number of morpholine rings is 1. The Bertz CT molecular complexity index is 556. The molecule has 0 saturated carbocycles. The number of pyridine rings is 1. The van der Waals surface area contributed by atoms with Gasteiger partial charge in [-0.25, -0.2) is 9.37 Å². The van der Waals surface area contributed by atoms with Gasteiger partial charge in [0.2, 0.25) is 5.91 Å². The second-order valence-corrected chi connectivity index (χ2v) is 7.07. The van der Waals surface area contributed by atoms with Gasteiger partial charge >= 0.3 is 0 Å². The molecule has 0 radical (unpaired) electrons. The zero-order valence-corrected chi connectivity index (χ0v) is 15.9. The molecule has 1 amide bonds. The summed E-state index contributed by atoms with van der Waals surface area (Å²) in [6.07, 6.45) is 10.2. The zero-order valence-electron chi connectivity index (χ0n) is 15.9. The molecule has 1 unspecified atom stereocenters. The Morgan fingerprint density at radius 1 is 1.19 bits per heavy atom. The van der Waals surface area contributed by atoms with Crippen LogP contribution in [0, 0.1) is 0 Å². The van der Waals surface area contributed by atoms with Crippen molar-refractivity contribution in [2.75, 3.05) is 31.7 Å². The molecule has 6 heteroatoms. The fraction of sp³-hybridized carbons (Fsp3) is 0.700. The Kier molecular flexibility index (Phi) is 8.81. The molecule has 2 heterocycles. The van der Waals surface area contributed by atoms with Crippen molar-refractivity contribution in [3.05, 3.63) is 23.9 Å². The number of hydrogen-bond donors (Lipinski definition) is 2. The molecule has 1 atom stereocenters. The van der Waals surface area contributed by atoms with Gasteiger partial charge in [0, 0.05) is 6.54 Å². The molecule has 0 aromatic carbocycles. The summed E-state index contributed by atoms with van der Waals surface area (Å²) in [7, 11) is 0. The second kappa shape index (κ2) is 11.1. The summed E-state index contributed by atoms with van der Waals surface area (Å²) in [5.74, 6) is 0.395. The van der Waals surface area contributed by atoms with Crippen molar-refractivity contribution in [1.29, 1.82) is 0 Å². The van der Waals surface area contributed by atoms with Gasteiger partial charge in [0.05, 0.1) is 12.3 Å². The smallest absolute Gasteiger partial charge is 0.246 e. The predicted molar refractivity (Wildman–Crippen MR) is 102 cm³/mol. The van der Waals surface area contributed by atoms with Gasteiger partial charge in [-0.3, -0.25) is 4.79 Å². The largest absolute Gasteiger partial charge is 0.370 e. The number of nitrogens with one attached hydrogen (secondary N) is 2. The average Bonchev–Trinajstić information content (AvgIpc) is 2.67. The molecule has 1 aromatic heterocycles. The first-order valence-electron chi connectivity index (χ1n) is 9.86. The fourth-order valence-corrected chi connectivity index (χ4v) is 3.21. The molecule has 1 saturated heterocycles. The molecule has 1 aliphatic rings. The highest BCUT2D eigenvalue weighted by Gasteiger charge is 2.39. The normalized spacial score (nSPS) is 20.0. The minimum absolute atomic E-state index is 0.0296. The second-order valence-electron chi connectivity index (χ2n) is 7.07. The standard InChI is InChI=1S/C20H32FN3O2/c1-2-3-4-5-6-7-8-9-13-22-18-12-10-11-17(23-18)20(15-21)16-26-14-19(25)24-20/h10-12H,2-9,13-16H2,1H3,(H,22,23)(H,24,25). The molecule has 1 aliphatic heterocycles. The van der Waals surface area contributed by atoms with E-state index in [0.717, 1.165) is 13.0 Å². The number of carbonyl (C=O) groups excluding carboxylic acids is 1. The molecule has 146 valence electrons. The Morgan fingerprint density at radius 2 is 1.92 bits per heavy atom. The third kappa shape index (κ3) is 6.24. The highest BCUT2D eigenvalue weighted by atomic mass is 19.1. The number of amides is 1. The van der Waals surface area contributed by atoms with Crippen LogP contribution in [0.5, 0.6) is 0 Å². The van der Waals surface area contributed by atoms with E-state index in [1.807, 2.05) is 12.1 Å². The molecule has 26 heavy (non-hydrogen) atoms. The number of halogens is 1. The van der Waals surface area contributed by atoms with Crippen LogP contribution in [0.2, 0.25) is 0 Å². The van der Waals surface area contributed by atoms with Crippen molar-refractivity contribution in [3.8, 4) is 0 Å². The number of ether oxygens (including phenoxy) is 1. The lowest BCUT2D eigenvalue weighted by Gasteiger charge is -2.35. The Hall–Kier alpha value is -1.69. The van der Waals surface area contributed by atoms with Crippen LogP contribution >= 0.6 is 0 Å². The number of nitrogens with zero attached hydrogens (tertiary/aromatic N) is 1. The summed E-state index contributed by atoms with van der Waals surface area (Å²) >= 11 is 0. The van der Waals surface area contributed by atoms with Crippen molar-refractivity contribution in [2.45, 2.75) is 63.8 Å². The van der Waals surface area contributed by atoms with Crippen molar-refractivity contribution in [2.24, 2.45) is 0 Å². The van der Waals surface area contributed by atoms with Gasteiger partial charge in [-0.15, -0.1) is 0 Å².